The Labute approximate surface area is 89.6 Å². The molecule has 2 aromatic rings. The molecule has 2 aromatic heterocycles. The van der Waals surface area contributed by atoms with Crippen molar-refractivity contribution in [3.63, 3.8) is 0 Å². The van der Waals surface area contributed by atoms with E-state index >= 15 is 0 Å². The zero-order valence-electron chi connectivity index (χ0n) is 7.67. The first-order chi connectivity index (χ1) is 6.70. The summed E-state index contributed by atoms with van der Waals surface area (Å²) in [6.45, 7) is 2.31. The molecule has 0 amide bonds. The van der Waals surface area contributed by atoms with Crippen LogP contribution in [0.3, 0.4) is 0 Å². The first-order valence-electron chi connectivity index (χ1n) is 4.22. The van der Waals surface area contributed by atoms with E-state index in [0.29, 0.717) is 11.3 Å². The first-order valence-corrected chi connectivity index (χ1v) is 5.01. The van der Waals surface area contributed by atoms with Crippen molar-refractivity contribution in [2.24, 2.45) is 5.73 Å². The van der Waals surface area contributed by atoms with Crippen LogP contribution in [0.4, 0.5) is 0 Å². The first kappa shape index (κ1) is 9.48. The van der Waals surface area contributed by atoms with Gasteiger partial charge in [0.2, 0.25) is 0 Å². The molecule has 4 nitrogen and oxygen atoms in total. The number of nitrogens with one attached hydrogen (secondary N) is 1. The quantitative estimate of drug-likeness (QED) is 0.865. The normalized spacial score (nSPS) is 10.8. The fourth-order valence-corrected chi connectivity index (χ4v) is 1.71. The molecule has 0 saturated carbocycles. The number of nitrogens with zero attached hydrogens (tertiary/aromatic N) is 1. The predicted octanol–water partition coefficient (Wildman–Crippen LogP) is 2.20. The van der Waals surface area contributed by atoms with Crippen molar-refractivity contribution < 1.29 is 4.42 Å². The Morgan fingerprint density at radius 1 is 1.57 bits per heavy atom. The summed E-state index contributed by atoms with van der Waals surface area (Å²) >= 11 is 3.26. The zero-order valence-corrected chi connectivity index (χ0v) is 9.26. The van der Waals surface area contributed by atoms with E-state index in [1.54, 1.807) is 0 Å². The highest BCUT2D eigenvalue weighted by Gasteiger charge is 2.12. The summed E-state index contributed by atoms with van der Waals surface area (Å²) in [5.74, 6) is 1.60. The van der Waals surface area contributed by atoms with Gasteiger partial charge in [0, 0.05) is 6.54 Å². The van der Waals surface area contributed by atoms with E-state index in [9.17, 15) is 0 Å². The topological polar surface area (TPSA) is 67.8 Å². The van der Waals surface area contributed by atoms with Crippen molar-refractivity contribution >= 4 is 15.9 Å². The van der Waals surface area contributed by atoms with Gasteiger partial charge in [-0.2, -0.15) is 0 Å². The van der Waals surface area contributed by atoms with Crippen LogP contribution >= 0.6 is 15.9 Å². The smallest absolute Gasteiger partial charge is 0.175 e. The van der Waals surface area contributed by atoms with Gasteiger partial charge in [-0.1, -0.05) is 0 Å². The number of aromatic nitrogens is 2. The Kier molecular flexibility index (Phi) is 2.43. The van der Waals surface area contributed by atoms with Gasteiger partial charge in [-0.25, -0.2) is 4.98 Å². The average Bonchev–Trinajstić information content (AvgIpc) is 2.71. The number of rotatable bonds is 2. The molecule has 2 heterocycles. The van der Waals surface area contributed by atoms with Crippen LogP contribution in [0.15, 0.2) is 21.3 Å². The van der Waals surface area contributed by atoms with Crippen LogP contribution in [0.2, 0.25) is 0 Å². The van der Waals surface area contributed by atoms with Crippen LogP contribution in [0.1, 0.15) is 11.5 Å². The van der Waals surface area contributed by atoms with Gasteiger partial charge in [-0.3, -0.25) is 0 Å². The molecule has 0 aliphatic rings. The van der Waals surface area contributed by atoms with Gasteiger partial charge >= 0.3 is 0 Å². The molecule has 3 N–H and O–H groups in total. The molecule has 0 aliphatic heterocycles. The predicted molar refractivity (Wildman–Crippen MR) is 56.6 cm³/mol. The molecule has 74 valence electrons. The highest BCUT2D eigenvalue weighted by atomic mass is 79.9. The SMILES string of the molecule is Cc1ccc(-c2nc(Br)[nH]c2CN)o1. The maximum absolute atomic E-state index is 5.57. The molecule has 0 saturated heterocycles. The van der Waals surface area contributed by atoms with E-state index < -0.39 is 0 Å². The molecule has 0 atom stereocenters. The van der Waals surface area contributed by atoms with Crippen molar-refractivity contribution in [3.05, 3.63) is 28.3 Å². The second-order valence-corrected chi connectivity index (χ2v) is 3.72. The van der Waals surface area contributed by atoms with E-state index in [1.807, 2.05) is 19.1 Å². The lowest BCUT2D eigenvalue weighted by Crippen LogP contribution is -1.98. The lowest BCUT2D eigenvalue weighted by molar-refractivity contribution is 0.546. The van der Waals surface area contributed by atoms with Crippen LogP contribution in [0.5, 0.6) is 0 Å². The van der Waals surface area contributed by atoms with E-state index in [2.05, 4.69) is 25.9 Å². The monoisotopic (exact) mass is 255 g/mol. The van der Waals surface area contributed by atoms with Crippen molar-refractivity contribution in [2.75, 3.05) is 0 Å². The highest BCUT2D eigenvalue weighted by Crippen LogP contribution is 2.24. The van der Waals surface area contributed by atoms with Crippen LogP contribution in [-0.2, 0) is 6.54 Å². The van der Waals surface area contributed by atoms with Crippen molar-refractivity contribution in [1.29, 1.82) is 0 Å². The third-order valence-electron chi connectivity index (χ3n) is 1.93. The van der Waals surface area contributed by atoms with Gasteiger partial charge in [0.15, 0.2) is 10.5 Å². The minimum Gasteiger partial charge on any atom is -0.460 e. The summed E-state index contributed by atoms with van der Waals surface area (Å²) in [6.07, 6.45) is 0. The maximum atomic E-state index is 5.57. The molecule has 0 unspecified atom stereocenters. The van der Waals surface area contributed by atoms with E-state index in [0.717, 1.165) is 22.9 Å². The van der Waals surface area contributed by atoms with Crippen LogP contribution in [0.25, 0.3) is 11.5 Å². The number of hydrogen-bond acceptors (Lipinski definition) is 3. The summed E-state index contributed by atoms with van der Waals surface area (Å²) in [7, 11) is 0. The standard InChI is InChI=1S/C9H10BrN3O/c1-5-2-3-7(14-5)8-6(4-11)12-9(10)13-8/h2-3H,4,11H2,1H3,(H,12,13). The van der Waals surface area contributed by atoms with E-state index in [4.69, 9.17) is 10.2 Å². The average molecular weight is 256 g/mol. The maximum Gasteiger partial charge on any atom is 0.175 e. The molecule has 0 spiro atoms. The van der Waals surface area contributed by atoms with Gasteiger partial charge in [-0.05, 0) is 35.0 Å². The fourth-order valence-electron chi connectivity index (χ4n) is 1.29. The summed E-state index contributed by atoms with van der Waals surface area (Å²) in [5.41, 5.74) is 7.21. The number of hydrogen-bond donors (Lipinski definition) is 2. The molecule has 0 fully saturated rings. The van der Waals surface area contributed by atoms with Crippen LogP contribution < -0.4 is 5.73 Å². The lowest BCUT2D eigenvalue weighted by atomic mass is 10.2. The van der Waals surface area contributed by atoms with Gasteiger partial charge in [-0.15, -0.1) is 0 Å². The summed E-state index contributed by atoms with van der Waals surface area (Å²) in [6, 6.07) is 3.79. The summed E-state index contributed by atoms with van der Waals surface area (Å²) in [5, 5.41) is 0. The second kappa shape index (κ2) is 3.59. The van der Waals surface area contributed by atoms with Gasteiger partial charge < -0.3 is 15.1 Å². The number of imidazole rings is 1. The highest BCUT2D eigenvalue weighted by molar-refractivity contribution is 9.10. The van der Waals surface area contributed by atoms with Crippen molar-refractivity contribution in [1.82, 2.24) is 9.97 Å². The summed E-state index contributed by atoms with van der Waals surface area (Å²) in [4.78, 5) is 7.28. The second-order valence-electron chi connectivity index (χ2n) is 2.97. The number of nitrogens with two attached hydrogens (primary N) is 1. The Morgan fingerprint density at radius 2 is 2.36 bits per heavy atom. The molecule has 0 radical (unpaired) electrons. The Balaban J connectivity index is 2.49. The number of furan rings is 1. The van der Waals surface area contributed by atoms with E-state index in [-0.39, 0.29) is 0 Å². The van der Waals surface area contributed by atoms with Gasteiger partial charge in [0.05, 0.1) is 5.69 Å². The Hall–Kier alpha value is -1.07. The van der Waals surface area contributed by atoms with E-state index in [1.165, 1.54) is 0 Å². The number of aryl methyl sites for hydroxylation is 1. The van der Waals surface area contributed by atoms with Crippen LogP contribution in [-0.4, -0.2) is 9.97 Å². The third-order valence-corrected chi connectivity index (χ3v) is 2.30. The Morgan fingerprint density at radius 3 is 2.93 bits per heavy atom. The lowest BCUT2D eigenvalue weighted by Gasteiger charge is -1.94. The molecule has 0 aliphatic carbocycles. The zero-order chi connectivity index (χ0) is 10.1. The van der Waals surface area contributed by atoms with Gasteiger partial charge in [0.1, 0.15) is 11.5 Å². The third kappa shape index (κ3) is 1.60. The molecule has 2 rings (SSSR count). The Bertz CT molecular complexity index is 447. The molecule has 5 heteroatoms. The molecule has 0 aromatic carbocycles. The molecule has 0 bridgehead atoms. The molecular formula is C9H10BrN3O. The number of halogens is 1. The van der Waals surface area contributed by atoms with Gasteiger partial charge in [0.25, 0.3) is 0 Å². The molecular weight excluding hydrogens is 246 g/mol. The minimum absolute atomic E-state index is 0.410. The number of aromatic amines is 1. The molecule has 14 heavy (non-hydrogen) atoms. The van der Waals surface area contributed by atoms with Crippen molar-refractivity contribution in [3.8, 4) is 11.5 Å². The fraction of sp³-hybridized carbons (Fsp3) is 0.222. The van der Waals surface area contributed by atoms with Crippen molar-refractivity contribution in [2.45, 2.75) is 13.5 Å². The minimum atomic E-state index is 0.410. The van der Waals surface area contributed by atoms with Crippen LogP contribution in [0, 0.1) is 6.92 Å². The largest absolute Gasteiger partial charge is 0.460 e. The number of H-pyrrole nitrogens is 1. The summed E-state index contributed by atoms with van der Waals surface area (Å²) < 4.78 is 6.14.